The minimum Gasteiger partial charge on any atom is -0.478 e. The van der Waals surface area contributed by atoms with Gasteiger partial charge in [0.15, 0.2) is 14.9 Å². The maximum absolute atomic E-state index is 11.9. The van der Waals surface area contributed by atoms with Crippen molar-refractivity contribution in [1.29, 1.82) is 0 Å². The summed E-state index contributed by atoms with van der Waals surface area (Å²) in [6.07, 6.45) is 0.777. The number of carboxylic acid groups (broad SMARTS) is 1. The molecule has 0 bridgehead atoms. The van der Waals surface area contributed by atoms with Gasteiger partial charge in [-0.15, -0.1) is 0 Å². The van der Waals surface area contributed by atoms with Crippen LogP contribution < -0.4 is 10.0 Å². The molecule has 3 N–H and O–H groups in total. The Balaban J connectivity index is 3.35. The second kappa shape index (κ2) is 5.29. The van der Waals surface area contributed by atoms with Gasteiger partial charge in [-0.25, -0.2) is 21.6 Å². The second-order valence-electron chi connectivity index (χ2n) is 4.20. The lowest BCUT2D eigenvalue weighted by Gasteiger charge is -2.20. The molecule has 0 saturated carbocycles. The molecular formula is C10H14N2O6S2. The molecule has 0 amide bonds. The highest BCUT2D eigenvalue weighted by Gasteiger charge is 2.27. The van der Waals surface area contributed by atoms with Gasteiger partial charge < -0.3 is 10.8 Å². The molecule has 1 rings (SSSR count). The number of nitrogen functional groups attached to an aromatic ring is 1. The van der Waals surface area contributed by atoms with Gasteiger partial charge in [0.2, 0.25) is 10.0 Å². The van der Waals surface area contributed by atoms with Gasteiger partial charge in [0.25, 0.3) is 0 Å². The maximum atomic E-state index is 11.9. The number of nitrogens with two attached hydrogens (primary N) is 1. The highest BCUT2D eigenvalue weighted by atomic mass is 32.3. The van der Waals surface area contributed by atoms with E-state index in [0.717, 1.165) is 19.4 Å². The monoisotopic (exact) mass is 322 g/mol. The molecule has 0 saturated heterocycles. The lowest BCUT2D eigenvalue weighted by molar-refractivity contribution is 0.0698. The number of hydrogen-bond donors (Lipinski definition) is 2. The van der Waals surface area contributed by atoms with Crippen LogP contribution in [0, 0.1) is 0 Å². The van der Waals surface area contributed by atoms with Crippen molar-refractivity contribution >= 4 is 37.2 Å². The van der Waals surface area contributed by atoms with Crippen LogP contribution in [0.5, 0.6) is 0 Å². The standard InChI is InChI=1S/C10H14N2O6S2/c1-12(20(17,18)6-19(2,15)16)9-4-3-7(11)5-8(9)10(13)14/h3-5H,6,11H2,1-2H3,(H,13,14). The third-order valence-electron chi connectivity index (χ3n) is 2.37. The summed E-state index contributed by atoms with van der Waals surface area (Å²) >= 11 is 0. The summed E-state index contributed by atoms with van der Waals surface area (Å²) in [7, 11) is -6.89. The number of benzene rings is 1. The van der Waals surface area contributed by atoms with Crippen molar-refractivity contribution in [2.45, 2.75) is 0 Å². The molecular weight excluding hydrogens is 308 g/mol. The predicted octanol–water partition coefficient (Wildman–Crippen LogP) is -0.265. The average Bonchev–Trinajstić information content (AvgIpc) is 2.24. The zero-order chi connectivity index (χ0) is 15.7. The number of carbonyl (C=O) groups is 1. The SMILES string of the molecule is CN(c1ccc(N)cc1C(=O)O)S(=O)(=O)CS(C)(=O)=O. The number of hydrogen-bond acceptors (Lipinski definition) is 6. The molecule has 0 aromatic heterocycles. The Kier molecular flexibility index (Phi) is 4.30. The largest absolute Gasteiger partial charge is 0.478 e. The van der Waals surface area contributed by atoms with Crippen LogP contribution in [0.2, 0.25) is 0 Å². The first-order valence-corrected chi connectivity index (χ1v) is 8.88. The van der Waals surface area contributed by atoms with E-state index in [1.165, 1.54) is 12.1 Å². The molecule has 1 aromatic carbocycles. The minimum absolute atomic E-state index is 0.153. The van der Waals surface area contributed by atoms with Crippen molar-refractivity contribution in [1.82, 2.24) is 0 Å². The molecule has 0 aliphatic carbocycles. The summed E-state index contributed by atoms with van der Waals surface area (Å²) in [6, 6.07) is 3.64. The molecule has 112 valence electrons. The van der Waals surface area contributed by atoms with Crippen molar-refractivity contribution in [3.8, 4) is 0 Å². The zero-order valence-corrected chi connectivity index (χ0v) is 12.4. The molecule has 0 spiro atoms. The number of sulfonamides is 1. The fourth-order valence-electron chi connectivity index (χ4n) is 1.50. The molecule has 10 heteroatoms. The van der Waals surface area contributed by atoms with Crippen LogP contribution in [-0.2, 0) is 19.9 Å². The number of nitrogens with zero attached hydrogens (tertiary/aromatic N) is 1. The van der Waals surface area contributed by atoms with E-state index >= 15 is 0 Å². The van der Waals surface area contributed by atoms with Crippen LogP contribution in [0.4, 0.5) is 11.4 Å². The molecule has 8 nitrogen and oxygen atoms in total. The third-order valence-corrected chi connectivity index (χ3v) is 6.31. The van der Waals surface area contributed by atoms with E-state index in [9.17, 15) is 21.6 Å². The van der Waals surface area contributed by atoms with Crippen molar-refractivity contribution in [3.05, 3.63) is 23.8 Å². The maximum Gasteiger partial charge on any atom is 0.337 e. The van der Waals surface area contributed by atoms with Crippen molar-refractivity contribution in [3.63, 3.8) is 0 Å². The Morgan fingerprint density at radius 2 is 1.85 bits per heavy atom. The van der Waals surface area contributed by atoms with Gasteiger partial charge in [-0.3, -0.25) is 4.31 Å². The van der Waals surface area contributed by atoms with Crippen LogP contribution in [0.1, 0.15) is 10.4 Å². The molecule has 0 atom stereocenters. The summed E-state index contributed by atoms with van der Waals surface area (Å²) in [5.41, 5.74) is 5.12. The van der Waals surface area contributed by atoms with Crippen LogP contribution in [0.3, 0.4) is 0 Å². The van der Waals surface area contributed by atoms with Crippen LogP contribution in [0.25, 0.3) is 0 Å². The summed E-state index contributed by atoms with van der Waals surface area (Å²) in [5.74, 6) is -1.37. The molecule has 20 heavy (non-hydrogen) atoms. The molecule has 0 aliphatic heterocycles. The molecule has 0 aliphatic rings. The van der Waals surface area contributed by atoms with E-state index in [4.69, 9.17) is 10.8 Å². The van der Waals surface area contributed by atoms with Gasteiger partial charge in [0.05, 0.1) is 11.3 Å². The lowest BCUT2D eigenvalue weighted by atomic mass is 10.1. The second-order valence-corrected chi connectivity index (χ2v) is 8.71. The summed E-state index contributed by atoms with van der Waals surface area (Å²) < 4.78 is 46.7. The number of carboxylic acids is 1. The van der Waals surface area contributed by atoms with E-state index in [1.807, 2.05) is 0 Å². The van der Waals surface area contributed by atoms with E-state index in [1.54, 1.807) is 0 Å². The van der Waals surface area contributed by atoms with Crippen molar-refractivity contribution in [2.75, 3.05) is 28.4 Å². The zero-order valence-electron chi connectivity index (χ0n) is 10.8. The van der Waals surface area contributed by atoms with E-state index in [2.05, 4.69) is 0 Å². The number of anilines is 2. The molecule has 0 radical (unpaired) electrons. The first kappa shape index (κ1) is 16.2. The molecule has 0 unspecified atom stereocenters. The number of aromatic carboxylic acids is 1. The lowest BCUT2D eigenvalue weighted by Crippen LogP contribution is -2.33. The number of rotatable bonds is 5. The van der Waals surface area contributed by atoms with Crippen LogP contribution in [0.15, 0.2) is 18.2 Å². The Hall–Kier alpha value is -1.81. The Bertz CT molecular complexity index is 739. The summed E-state index contributed by atoms with van der Waals surface area (Å²) in [6.45, 7) is 0. The van der Waals surface area contributed by atoms with Gasteiger partial charge in [-0.2, -0.15) is 0 Å². The minimum atomic E-state index is -4.20. The Morgan fingerprint density at radius 3 is 2.30 bits per heavy atom. The van der Waals surface area contributed by atoms with Crippen molar-refractivity contribution < 1.29 is 26.7 Å². The van der Waals surface area contributed by atoms with Gasteiger partial charge in [-0.05, 0) is 18.2 Å². The van der Waals surface area contributed by atoms with Gasteiger partial charge in [-0.1, -0.05) is 0 Å². The van der Waals surface area contributed by atoms with Gasteiger partial charge in [0.1, 0.15) is 0 Å². The van der Waals surface area contributed by atoms with Crippen LogP contribution >= 0.6 is 0 Å². The van der Waals surface area contributed by atoms with E-state index in [-0.39, 0.29) is 16.9 Å². The fraction of sp³-hybridized carbons (Fsp3) is 0.300. The highest BCUT2D eigenvalue weighted by Crippen LogP contribution is 2.25. The summed E-state index contributed by atoms with van der Waals surface area (Å²) in [5, 5.41) is 7.93. The first-order chi connectivity index (χ1) is 8.94. The highest BCUT2D eigenvalue weighted by molar-refractivity contribution is 8.08. The Morgan fingerprint density at radius 1 is 1.30 bits per heavy atom. The summed E-state index contributed by atoms with van der Waals surface area (Å²) in [4.78, 5) is 11.1. The number of sulfone groups is 1. The fourth-order valence-corrected chi connectivity index (χ4v) is 4.75. The first-order valence-electron chi connectivity index (χ1n) is 5.21. The van der Waals surface area contributed by atoms with Crippen molar-refractivity contribution in [2.24, 2.45) is 0 Å². The van der Waals surface area contributed by atoms with Crippen LogP contribution in [-0.4, -0.2) is 46.3 Å². The third kappa shape index (κ3) is 3.84. The van der Waals surface area contributed by atoms with E-state index in [0.29, 0.717) is 4.31 Å². The van der Waals surface area contributed by atoms with E-state index < -0.39 is 30.9 Å². The normalized spacial score (nSPS) is 12.1. The molecule has 0 fully saturated rings. The smallest absolute Gasteiger partial charge is 0.337 e. The molecule has 0 heterocycles. The predicted molar refractivity (Wildman–Crippen MR) is 74.8 cm³/mol. The van der Waals surface area contributed by atoms with Gasteiger partial charge >= 0.3 is 5.97 Å². The average molecular weight is 322 g/mol. The topological polar surface area (TPSA) is 135 Å². The van der Waals surface area contributed by atoms with Gasteiger partial charge in [0, 0.05) is 19.0 Å². The quantitative estimate of drug-likeness (QED) is 0.713. The Labute approximate surface area is 116 Å². The molecule has 1 aromatic rings.